The Bertz CT molecular complexity index is 534. The molecule has 2 heterocycles. The molecule has 2 aliphatic rings. The summed E-state index contributed by atoms with van der Waals surface area (Å²) in [6.45, 7) is 4.38. The minimum absolute atomic E-state index is 0.187. The van der Waals surface area contributed by atoms with E-state index < -0.39 is 0 Å². The van der Waals surface area contributed by atoms with Gasteiger partial charge in [-0.05, 0) is 32.3 Å². The molecule has 6 heteroatoms. The number of halogens is 1. The van der Waals surface area contributed by atoms with Crippen LogP contribution < -0.4 is 10.1 Å². The summed E-state index contributed by atoms with van der Waals surface area (Å²) in [7, 11) is 0. The number of aromatic nitrogens is 1. The second-order valence-corrected chi connectivity index (χ2v) is 6.01. The van der Waals surface area contributed by atoms with Gasteiger partial charge in [0.15, 0.2) is 5.69 Å². The Morgan fingerprint density at radius 2 is 2.29 bits per heavy atom. The summed E-state index contributed by atoms with van der Waals surface area (Å²) in [6, 6.07) is 4.26. The number of hydrogen-bond acceptors (Lipinski definition) is 4. The topological polar surface area (TPSA) is 54.5 Å². The monoisotopic (exact) mass is 309 g/mol. The van der Waals surface area contributed by atoms with Crippen molar-refractivity contribution < 1.29 is 9.53 Å². The average Bonchev–Trinajstić information content (AvgIpc) is 3.22. The Labute approximate surface area is 129 Å². The Morgan fingerprint density at radius 3 is 3.00 bits per heavy atom. The van der Waals surface area contributed by atoms with Gasteiger partial charge in [0, 0.05) is 31.2 Å². The standard InChI is InChI=1S/C15H20ClN3O2/c1-2-21-13-6-5-12(16)14(18-13)15(20)17-10-7-8-19(9-10)11-3-4-11/h5-6,10-11H,2-4,7-9H2,1H3,(H,17,20)/t10-/m0/s1. The summed E-state index contributed by atoms with van der Waals surface area (Å²) in [5, 5.41) is 3.39. The molecule has 1 atom stereocenters. The van der Waals surface area contributed by atoms with Gasteiger partial charge in [-0.2, -0.15) is 0 Å². The fraction of sp³-hybridized carbons (Fsp3) is 0.600. The first kappa shape index (κ1) is 14.6. The normalized spacial score (nSPS) is 22.3. The number of rotatable bonds is 5. The Morgan fingerprint density at radius 1 is 1.48 bits per heavy atom. The van der Waals surface area contributed by atoms with E-state index in [9.17, 15) is 4.79 Å². The lowest BCUT2D eigenvalue weighted by Crippen LogP contribution is -2.38. The van der Waals surface area contributed by atoms with Crippen LogP contribution in [0.2, 0.25) is 5.02 Å². The van der Waals surface area contributed by atoms with E-state index in [4.69, 9.17) is 16.3 Å². The van der Waals surface area contributed by atoms with E-state index in [2.05, 4.69) is 15.2 Å². The first-order valence-electron chi connectivity index (χ1n) is 7.51. The molecular weight excluding hydrogens is 290 g/mol. The molecule has 2 fully saturated rings. The number of nitrogens with one attached hydrogen (secondary N) is 1. The van der Waals surface area contributed by atoms with Crippen LogP contribution in [0.1, 0.15) is 36.7 Å². The zero-order valence-electron chi connectivity index (χ0n) is 12.1. The van der Waals surface area contributed by atoms with Crippen LogP contribution in [0.3, 0.4) is 0 Å². The van der Waals surface area contributed by atoms with Gasteiger partial charge >= 0.3 is 0 Å². The number of hydrogen-bond donors (Lipinski definition) is 1. The van der Waals surface area contributed by atoms with E-state index in [0.29, 0.717) is 17.5 Å². The van der Waals surface area contributed by atoms with E-state index in [1.54, 1.807) is 12.1 Å². The molecule has 1 aliphatic heterocycles. The smallest absolute Gasteiger partial charge is 0.271 e. The largest absolute Gasteiger partial charge is 0.478 e. The lowest BCUT2D eigenvalue weighted by molar-refractivity contribution is 0.0931. The minimum Gasteiger partial charge on any atom is -0.478 e. The SMILES string of the molecule is CCOc1ccc(Cl)c(C(=O)N[C@H]2CCN(C3CC3)C2)n1. The van der Waals surface area contributed by atoms with Crippen molar-refractivity contribution in [2.75, 3.05) is 19.7 Å². The molecule has 1 saturated heterocycles. The number of likely N-dealkylation sites (tertiary alicyclic amines) is 1. The molecule has 0 spiro atoms. The Kier molecular flexibility index (Phi) is 4.31. The number of carbonyl (C=O) groups is 1. The van der Waals surface area contributed by atoms with Crippen molar-refractivity contribution in [2.45, 2.75) is 38.3 Å². The first-order valence-corrected chi connectivity index (χ1v) is 7.89. The number of amides is 1. The molecule has 1 amide bonds. The third kappa shape index (κ3) is 3.47. The quantitative estimate of drug-likeness (QED) is 0.905. The van der Waals surface area contributed by atoms with Crippen molar-refractivity contribution in [3.05, 3.63) is 22.8 Å². The van der Waals surface area contributed by atoms with E-state index in [0.717, 1.165) is 25.6 Å². The van der Waals surface area contributed by atoms with Crippen LogP contribution in [0, 0.1) is 0 Å². The van der Waals surface area contributed by atoms with E-state index >= 15 is 0 Å². The van der Waals surface area contributed by atoms with Gasteiger partial charge in [-0.25, -0.2) is 4.98 Å². The number of ether oxygens (including phenoxy) is 1. The molecule has 0 unspecified atom stereocenters. The van der Waals surface area contributed by atoms with E-state index in [1.807, 2.05) is 6.92 Å². The molecule has 1 aromatic rings. The Hall–Kier alpha value is -1.33. The molecule has 1 saturated carbocycles. The molecule has 1 N–H and O–H groups in total. The maximum Gasteiger partial charge on any atom is 0.271 e. The number of pyridine rings is 1. The highest BCUT2D eigenvalue weighted by molar-refractivity contribution is 6.33. The lowest BCUT2D eigenvalue weighted by atomic mass is 10.2. The van der Waals surface area contributed by atoms with Crippen molar-refractivity contribution in [3.8, 4) is 5.88 Å². The van der Waals surface area contributed by atoms with Gasteiger partial charge in [-0.3, -0.25) is 9.69 Å². The van der Waals surface area contributed by atoms with Crippen molar-refractivity contribution in [3.63, 3.8) is 0 Å². The van der Waals surface area contributed by atoms with Crippen LogP contribution in [0.5, 0.6) is 5.88 Å². The van der Waals surface area contributed by atoms with Gasteiger partial charge in [-0.1, -0.05) is 11.6 Å². The van der Waals surface area contributed by atoms with Gasteiger partial charge in [0.05, 0.1) is 11.6 Å². The summed E-state index contributed by atoms with van der Waals surface area (Å²) in [5.41, 5.74) is 0.243. The van der Waals surface area contributed by atoms with Crippen LogP contribution in [-0.2, 0) is 0 Å². The molecule has 114 valence electrons. The summed E-state index contributed by atoms with van der Waals surface area (Å²) in [6.07, 6.45) is 3.58. The highest BCUT2D eigenvalue weighted by Crippen LogP contribution is 2.30. The maximum atomic E-state index is 12.3. The highest BCUT2D eigenvalue weighted by atomic mass is 35.5. The van der Waals surface area contributed by atoms with Crippen molar-refractivity contribution in [1.29, 1.82) is 0 Å². The van der Waals surface area contributed by atoms with Crippen molar-refractivity contribution in [2.24, 2.45) is 0 Å². The van der Waals surface area contributed by atoms with Gasteiger partial charge in [0.1, 0.15) is 0 Å². The van der Waals surface area contributed by atoms with Crippen LogP contribution in [0.15, 0.2) is 12.1 Å². The molecular formula is C15H20ClN3O2. The van der Waals surface area contributed by atoms with Crippen molar-refractivity contribution in [1.82, 2.24) is 15.2 Å². The van der Waals surface area contributed by atoms with Gasteiger partial charge in [0.25, 0.3) is 5.91 Å². The number of nitrogens with zero attached hydrogens (tertiary/aromatic N) is 2. The van der Waals surface area contributed by atoms with E-state index in [-0.39, 0.29) is 17.6 Å². The molecule has 0 bridgehead atoms. The fourth-order valence-corrected chi connectivity index (χ4v) is 2.93. The zero-order chi connectivity index (χ0) is 14.8. The predicted octanol–water partition coefficient (Wildman–Crippen LogP) is 2.10. The second-order valence-electron chi connectivity index (χ2n) is 5.60. The fourth-order valence-electron chi connectivity index (χ4n) is 2.74. The van der Waals surface area contributed by atoms with E-state index in [1.165, 1.54) is 12.8 Å². The van der Waals surface area contributed by atoms with Crippen LogP contribution in [0.4, 0.5) is 0 Å². The predicted molar refractivity (Wildman–Crippen MR) is 80.9 cm³/mol. The van der Waals surface area contributed by atoms with Gasteiger partial charge in [0.2, 0.25) is 5.88 Å². The molecule has 5 nitrogen and oxygen atoms in total. The molecule has 0 radical (unpaired) electrons. The van der Waals surface area contributed by atoms with Crippen LogP contribution >= 0.6 is 11.6 Å². The maximum absolute atomic E-state index is 12.3. The molecule has 1 aromatic heterocycles. The van der Waals surface area contributed by atoms with Crippen molar-refractivity contribution >= 4 is 17.5 Å². The molecule has 21 heavy (non-hydrogen) atoms. The number of carbonyl (C=O) groups excluding carboxylic acids is 1. The highest BCUT2D eigenvalue weighted by Gasteiger charge is 2.35. The average molecular weight is 310 g/mol. The molecule has 1 aliphatic carbocycles. The first-order chi connectivity index (χ1) is 10.2. The zero-order valence-corrected chi connectivity index (χ0v) is 12.9. The van der Waals surface area contributed by atoms with Crippen LogP contribution in [-0.4, -0.2) is 47.6 Å². The molecule has 3 rings (SSSR count). The summed E-state index contributed by atoms with van der Waals surface area (Å²) in [4.78, 5) is 19.0. The Balaban J connectivity index is 1.63. The lowest BCUT2D eigenvalue weighted by Gasteiger charge is -2.16. The molecule has 0 aromatic carbocycles. The summed E-state index contributed by atoms with van der Waals surface area (Å²) in [5.74, 6) is 0.210. The van der Waals surface area contributed by atoms with Crippen LogP contribution in [0.25, 0.3) is 0 Å². The summed E-state index contributed by atoms with van der Waals surface area (Å²) < 4.78 is 5.32. The summed E-state index contributed by atoms with van der Waals surface area (Å²) >= 11 is 6.08. The van der Waals surface area contributed by atoms with Gasteiger partial charge < -0.3 is 10.1 Å². The minimum atomic E-state index is -0.218. The second kappa shape index (κ2) is 6.20. The third-order valence-corrected chi connectivity index (χ3v) is 4.25. The third-order valence-electron chi connectivity index (χ3n) is 3.95. The van der Waals surface area contributed by atoms with Gasteiger partial charge in [-0.15, -0.1) is 0 Å².